The predicted molar refractivity (Wildman–Crippen MR) is 127 cm³/mol. The monoisotopic (exact) mass is 470 g/mol. The minimum Gasteiger partial charge on any atom is -0.454 e. The molecule has 35 heavy (non-hydrogen) atoms. The number of rotatable bonds is 7. The predicted octanol–water partition coefficient (Wildman–Crippen LogP) is 2.83. The average Bonchev–Trinajstić information content (AvgIpc) is 3.66. The Balaban J connectivity index is 1.22. The Labute approximate surface area is 203 Å². The van der Waals surface area contributed by atoms with Crippen LogP contribution in [0.5, 0.6) is 0 Å². The summed E-state index contributed by atoms with van der Waals surface area (Å²) in [5.74, 6) is -1.49. The lowest BCUT2D eigenvalue weighted by atomic mass is 9.63. The number of hydrogen-bond acceptors (Lipinski definition) is 5. The number of nitrogens with one attached hydrogen (secondary N) is 1. The van der Waals surface area contributed by atoms with Crippen LogP contribution in [-0.4, -0.2) is 41.2 Å². The van der Waals surface area contributed by atoms with Gasteiger partial charge in [0.25, 0.3) is 5.91 Å². The molecule has 0 aromatic heterocycles. The van der Waals surface area contributed by atoms with Crippen LogP contribution in [0.1, 0.15) is 12.0 Å². The fraction of sp³-hybridized carbons (Fsp3) is 0.357. The third-order valence-corrected chi connectivity index (χ3v) is 7.96. The van der Waals surface area contributed by atoms with Gasteiger partial charge in [-0.1, -0.05) is 60.7 Å². The number of likely N-dealkylation sites (tertiary alicyclic amines) is 1. The quantitative estimate of drug-likeness (QED) is 0.382. The molecule has 0 spiro atoms. The summed E-state index contributed by atoms with van der Waals surface area (Å²) in [6.45, 7) is -0.501. The Kier molecular flexibility index (Phi) is 5.28. The minimum absolute atomic E-state index is 0.0708. The fourth-order valence-corrected chi connectivity index (χ4v) is 6.36. The van der Waals surface area contributed by atoms with Crippen LogP contribution in [0, 0.1) is 35.5 Å². The number of imide groups is 1. The Morgan fingerprint density at radius 3 is 2.06 bits per heavy atom. The molecular weight excluding hydrogens is 444 g/mol. The molecule has 7 atom stereocenters. The lowest BCUT2D eigenvalue weighted by molar-refractivity contribution is -0.160. The van der Waals surface area contributed by atoms with E-state index in [4.69, 9.17) is 4.74 Å². The molecule has 2 aromatic carbocycles. The first-order valence-corrected chi connectivity index (χ1v) is 12.1. The van der Waals surface area contributed by atoms with Gasteiger partial charge in [-0.2, -0.15) is 0 Å². The van der Waals surface area contributed by atoms with Crippen LogP contribution in [-0.2, 0) is 30.3 Å². The number of amides is 3. The molecule has 3 amide bonds. The minimum atomic E-state index is -1.11. The van der Waals surface area contributed by atoms with E-state index in [1.54, 1.807) is 24.3 Å². The molecule has 1 N–H and O–H groups in total. The second-order valence-corrected chi connectivity index (χ2v) is 9.93. The van der Waals surface area contributed by atoms with E-state index >= 15 is 0 Å². The lowest BCUT2D eigenvalue weighted by Crippen LogP contribution is -2.48. The molecule has 7 heteroatoms. The number of carbonyl (C=O) groups is 4. The summed E-state index contributed by atoms with van der Waals surface area (Å²) < 4.78 is 5.36. The lowest BCUT2D eigenvalue weighted by Gasteiger charge is -2.37. The number of allylic oxidation sites excluding steroid dienone is 2. The van der Waals surface area contributed by atoms with Crippen LogP contribution < -0.4 is 5.32 Å². The smallest absolute Gasteiger partial charge is 0.330 e. The first-order chi connectivity index (χ1) is 17.0. The van der Waals surface area contributed by atoms with Gasteiger partial charge in [-0.15, -0.1) is 0 Å². The van der Waals surface area contributed by atoms with E-state index < -0.39 is 36.4 Å². The highest BCUT2D eigenvalue weighted by atomic mass is 16.5. The number of hydrogen-bond donors (Lipinski definition) is 1. The van der Waals surface area contributed by atoms with Gasteiger partial charge in [-0.05, 0) is 47.8 Å². The van der Waals surface area contributed by atoms with E-state index in [0.717, 1.165) is 16.9 Å². The molecule has 2 aromatic rings. The molecule has 0 unspecified atom stereocenters. The maximum absolute atomic E-state index is 13.6. The van der Waals surface area contributed by atoms with Crippen molar-refractivity contribution in [3.05, 3.63) is 78.4 Å². The van der Waals surface area contributed by atoms with Crippen molar-refractivity contribution in [3.63, 3.8) is 0 Å². The first-order valence-electron chi connectivity index (χ1n) is 12.1. The van der Waals surface area contributed by atoms with Crippen molar-refractivity contribution >= 4 is 29.4 Å². The Morgan fingerprint density at radius 2 is 1.46 bits per heavy atom. The van der Waals surface area contributed by atoms with Crippen molar-refractivity contribution in [2.45, 2.75) is 18.9 Å². The van der Waals surface area contributed by atoms with E-state index in [0.29, 0.717) is 17.5 Å². The largest absolute Gasteiger partial charge is 0.454 e. The summed E-state index contributed by atoms with van der Waals surface area (Å²) in [6.07, 6.45) is 5.43. The van der Waals surface area contributed by atoms with Gasteiger partial charge in [0.05, 0.1) is 11.8 Å². The molecule has 178 valence electrons. The summed E-state index contributed by atoms with van der Waals surface area (Å²) in [5, 5.41) is 2.67. The highest BCUT2D eigenvalue weighted by molar-refractivity contribution is 6.09. The topological polar surface area (TPSA) is 92.8 Å². The van der Waals surface area contributed by atoms with Crippen LogP contribution in [0.3, 0.4) is 0 Å². The number of carbonyl (C=O) groups excluding carboxylic acids is 4. The molecule has 4 aliphatic carbocycles. The van der Waals surface area contributed by atoms with Crippen molar-refractivity contribution < 1.29 is 23.9 Å². The summed E-state index contributed by atoms with van der Waals surface area (Å²) in [4.78, 5) is 54.0. The fourth-order valence-electron chi connectivity index (χ4n) is 6.36. The molecule has 1 heterocycles. The second-order valence-electron chi connectivity index (χ2n) is 9.93. The molecule has 5 aliphatic rings. The van der Waals surface area contributed by atoms with Crippen LogP contribution in [0.25, 0.3) is 0 Å². The molecule has 1 aliphatic heterocycles. The van der Waals surface area contributed by atoms with Crippen molar-refractivity contribution in [2.24, 2.45) is 35.5 Å². The average molecular weight is 471 g/mol. The number of esters is 1. The Hall–Kier alpha value is -3.74. The van der Waals surface area contributed by atoms with Crippen molar-refractivity contribution in [2.75, 3.05) is 11.9 Å². The first kappa shape index (κ1) is 21.8. The standard InChI is InChI=1S/C28H26N2O5/c31-23(29-17-9-5-2-6-10-17)15-35-28(34)22(13-16-7-3-1-4-8-16)30-26(32)24-18-11-12-19(21-14-20(18)21)25(24)27(30)33/h1-12,18-22,24-25H,13-15H2,(H,29,31)/t18-,19-,20-,21+,22+,24+,25-/m1/s1. The number of nitrogens with zero attached hydrogens (tertiary/aromatic N) is 1. The summed E-state index contributed by atoms with van der Waals surface area (Å²) in [6, 6.07) is 17.0. The number of anilines is 1. The Morgan fingerprint density at radius 1 is 0.886 bits per heavy atom. The SMILES string of the molecule is O=C(COC(=O)[C@H](Cc1ccccc1)N1C(=O)[C@@H]2[C@@H]3C=C[C@H]([C@H]4C[C@@H]34)[C@@H]2C1=O)Nc1ccccc1. The van der Waals surface area contributed by atoms with Gasteiger partial charge in [0.2, 0.25) is 11.8 Å². The van der Waals surface area contributed by atoms with Gasteiger partial charge in [0.1, 0.15) is 6.04 Å². The molecular formula is C28H26N2O5. The molecule has 7 nitrogen and oxygen atoms in total. The summed E-state index contributed by atoms with van der Waals surface area (Å²) in [7, 11) is 0. The van der Waals surface area contributed by atoms with Gasteiger partial charge >= 0.3 is 5.97 Å². The Bertz CT molecular complexity index is 1170. The zero-order valence-electron chi connectivity index (χ0n) is 19.1. The van der Waals surface area contributed by atoms with Crippen LogP contribution in [0.2, 0.25) is 0 Å². The van der Waals surface area contributed by atoms with Gasteiger partial charge < -0.3 is 10.1 Å². The van der Waals surface area contributed by atoms with E-state index in [1.807, 2.05) is 36.4 Å². The number of benzene rings is 2. The molecule has 2 saturated carbocycles. The molecule has 2 bridgehead atoms. The van der Waals surface area contributed by atoms with Crippen LogP contribution >= 0.6 is 0 Å². The maximum atomic E-state index is 13.6. The molecule has 3 fully saturated rings. The molecule has 1 saturated heterocycles. The number of para-hydroxylation sites is 1. The molecule has 0 radical (unpaired) electrons. The van der Waals surface area contributed by atoms with Gasteiger partial charge in [-0.3, -0.25) is 19.3 Å². The van der Waals surface area contributed by atoms with E-state index in [2.05, 4.69) is 17.5 Å². The van der Waals surface area contributed by atoms with E-state index in [9.17, 15) is 19.2 Å². The van der Waals surface area contributed by atoms with Gasteiger partial charge in [0, 0.05) is 12.1 Å². The normalized spacial score (nSPS) is 30.5. The third-order valence-electron chi connectivity index (χ3n) is 7.96. The van der Waals surface area contributed by atoms with Gasteiger partial charge in [0.15, 0.2) is 6.61 Å². The van der Waals surface area contributed by atoms with Crippen molar-refractivity contribution in [3.8, 4) is 0 Å². The zero-order chi connectivity index (χ0) is 24.1. The summed E-state index contributed by atoms with van der Waals surface area (Å²) in [5.41, 5.74) is 1.40. The molecule has 7 rings (SSSR count). The third kappa shape index (κ3) is 3.75. The van der Waals surface area contributed by atoms with E-state index in [1.165, 1.54) is 0 Å². The van der Waals surface area contributed by atoms with Crippen molar-refractivity contribution in [1.29, 1.82) is 0 Å². The highest BCUT2D eigenvalue weighted by Gasteiger charge is 2.68. The maximum Gasteiger partial charge on any atom is 0.330 e. The van der Waals surface area contributed by atoms with Crippen LogP contribution in [0.4, 0.5) is 5.69 Å². The zero-order valence-corrected chi connectivity index (χ0v) is 19.1. The van der Waals surface area contributed by atoms with Gasteiger partial charge in [-0.25, -0.2) is 4.79 Å². The van der Waals surface area contributed by atoms with Crippen molar-refractivity contribution in [1.82, 2.24) is 4.90 Å². The number of ether oxygens (including phenoxy) is 1. The van der Waals surface area contributed by atoms with E-state index in [-0.39, 0.29) is 30.1 Å². The summed E-state index contributed by atoms with van der Waals surface area (Å²) >= 11 is 0. The highest BCUT2D eigenvalue weighted by Crippen LogP contribution is 2.65. The van der Waals surface area contributed by atoms with Crippen LogP contribution in [0.15, 0.2) is 72.8 Å². The second kappa shape index (κ2) is 8.48.